The van der Waals surface area contributed by atoms with Crippen molar-refractivity contribution in [3.05, 3.63) is 35.4 Å². The number of phenols is 1. The molecule has 0 saturated carbocycles. The Hall–Kier alpha value is -1.28. The number of aliphatic hydroxyl groups excluding tert-OH is 1. The van der Waals surface area contributed by atoms with Crippen molar-refractivity contribution in [3.8, 4) is 5.75 Å². The van der Waals surface area contributed by atoms with Gasteiger partial charge in [-0.2, -0.15) is 0 Å². The van der Waals surface area contributed by atoms with Crippen LogP contribution in [0.4, 0.5) is 0 Å². The number of hydrogen-bond acceptors (Lipinski definition) is 2. The normalized spacial score (nSPS) is 11.1. The number of allylic oxidation sites excluding steroid dienone is 1. The highest BCUT2D eigenvalue weighted by Crippen LogP contribution is 2.19. The van der Waals surface area contributed by atoms with Crippen molar-refractivity contribution < 1.29 is 10.2 Å². The number of benzene rings is 1. The van der Waals surface area contributed by atoms with Crippen molar-refractivity contribution in [3.63, 3.8) is 0 Å². The second-order valence-electron chi connectivity index (χ2n) is 4.04. The van der Waals surface area contributed by atoms with Gasteiger partial charge >= 0.3 is 0 Å². The zero-order valence-corrected chi connectivity index (χ0v) is 9.82. The molecule has 2 heteroatoms. The highest BCUT2D eigenvalue weighted by molar-refractivity contribution is 5.57. The average molecular weight is 220 g/mol. The molecule has 0 fully saturated rings. The fourth-order valence-corrected chi connectivity index (χ4v) is 1.57. The number of rotatable bonds is 6. The minimum absolute atomic E-state index is 0.280. The minimum Gasteiger partial charge on any atom is -0.507 e. The summed E-state index contributed by atoms with van der Waals surface area (Å²) in [6, 6.07) is 5.59. The van der Waals surface area contributed by atoms with Gasteiger partial charge < -0.3 is 10.2 Å². The van der Waals surface area contributed by atoms with Crippen molar-refractivity contribution in [2.75, 3.05) is 6.61 Å². The van der Waals surface area contributed by atoms with Gasteiger partial charge in [0.2, 0.25) is 0 Å². The Labute approximate surface area is 97.2 Å². The van der Waals surface area contributed by atoms with Gasteiger partial charge in [-0.25, -0.2) is 0 Å². The van der Waals surface area contributed by atoms with Crippen molar-refractivity contribution in [2.24, 2.45) is 0 Å². The first-order chi connectivity index (χ1) is 7.74. The van der Waals surface area contributed by atoms with Crippen LogP contribution in [0.1, 0.15) is 36.8 Å². The van der Waals surface area contributed by atoms with Crippen LogP contribution in [-0.4, -0.2) is 16.8 Å². The Morgan fingerprint density at radius 3 is 2.75 bits per heavy atom. The Morgan fingerprint density at radius 2 is 2.00 bits per heavy atom. The Balaban J connectivity index is 2.40. The van der Waals surface area contributed by atoms with Crippen molar-refractivity contribution >= 4 is 6.08 Å². The molecule has 0 aromatic heterocycles. The summed E-state index contributed by atoms with van der Waals surface area (Å²) in [5, 5.41) is 18.2. The summed E-state index contributed by atoms with van der Waals surface area (Å²) < 4.78 is 0. The summed E-state index contributed by atoms with van der Waals surface area (Å²) in [6.07, 6.45) is 8.05. The lowest BCUT2D eigenvalue weighted by molar-refractivity contribution is 0.283. The highest BCUT2D eigenvalue weighted by atomic mass is 16.3. The van der Waals surface area contributed by atoms with E-state index in [1.165, 1.54) is 0 Å². The lowest BCUT2D eigenvalue weighted by Crippen LogP contribution is -1.82. The summed E-state index contributed by atoms with van der Waals surface area (Å²) in [5.74, 6) is 0.331. The van der Waals surface area contributed by atoms with E-state index in [0.29, 0.717) is 5.75 Å². The summed E-state index contributed by atoms with van der Waals surface area (Å²) in [5.41, 5.74) is 2.03. The second-order valence-corrected chi connectivity index (χ2v) is 4.04. The van der Waals surface area contributed by atoms with Gasteiger partial charge in [0.05, 0.1) is 0 Å². The third-order valence-corrected chi connectivity index (χ3v) is 2.51. The molecule has 0 aliphatic carbocycles. The van der Waals surface area contributed by atoms with E-state index in [2.05, 4.69) is 6.08 Å². The SMILES string of the molecule is Cc1ccc(O)c(/C=C/CCCCCO)c1. The van der Waals surface area contributed by atoms with Gasteiger partial charge in [-0.3, -0.25) is 0 Å². The number of aromatic hydroxyl groups is 1. The topological polar surface area (TPSA) is 40.5 Å². The molecular weight excluding hydrogens is 200 g/mol. The monoisotopic (exact) mass is 220 g/mol. The predicted octanol–water partition coefficient (Wildman–Crippen LogP) is 3.27. The third kappa shape index (κ3) is 4.49. The molecule has 16 heavy (non-hydrogen) atoms. The maximum absolute atomic E-state index is 9.59. The maximum Gasteiger partial charge on any atom is 0.122 e. The second kappa shape index (κ2) is 7.07. The van der Waals surface area contributed by atoms with Crippen molar-refractivity contribution in [2.45, 2.75) is 32.6 Å². The fraction of sp³-hybridized carbons (Fsp3) is 0.429. The lowest BCUT2D eigenvalue weighted by Gasteiger charge is -2.00. The zero-order chi connectivity index (χ0) is 11.8. The average Bonchev–Trinajstić information content (AvgIpc) is 2.28. The Kier molecular flexibility index (Phi) is 5.65. The van der Waals surface area contributed by atoms with Crippen LogP contribution in [0.15, 0.2) is 24.3 Å². The number of hydrogen-bond donors (Lipinski definition) is 2. The molecule has 2 N–H and O–H groups in total. The van der Waals surface area contributed by atoms with Crippen LogP contribution in [0.5, 0.6) is 5.75 Å². The van der Waals surface area contributed by atoms with Crippen LogP contribution in [0, 0.1) is 6.92 Å². The summed E-state index contributed by atoms with van der Waals surface area (Å²) in [4.78, 5) is 0. The first-order valence-electron chi connectivity index (χ1n) is 5.81. The van der Waals surface area contributed by atoms with Crippen LogP contribution in [-0.2, 0) is 0 Å². The molecule has 0 aliphatic rings. The maximum atomic E-state index is 9.59. The predicted molar refractivity (Wildman–Crippen MR) is 67.4 cm³/mol. The summed E-state index contributed by atoms with van der Waals surface area (Å²) in [6.45, 7) is 2.29. The number of aliphatic hydroxyl groups is 1. The van der Waals surface area contributed by atoms with Gasteiger partial charge in [0.25, 0.3) is 0 Å². The molecule has 1 aromatic rings. The molecule has 0 spiro atoms. The van der Waals surface area contributed by atoms with Crippen LogP contribution in [0.2, 0.25) is 0 Å². The van der Waals surface area contributed by atoms with Crippen LogP contribution < -0.4 is 0 Å². The van der Waals surface area contributed by atoms with E-state index in [4.69, 9.17) is 5.11 Å². The molecule has 0 aliphatic heterocycles. The molecule has 0 saturated heterocycles. The van der Waals surface area contributed by atoms with Gasteiger partial charge in [0.1, 0.15) is 5.75 Å². The Morgan fingerprint density at radius 1 is 1.19 bits per heavy atom. The van der Waals surface area contributed by atoms with E-state index in [-0.39, 0.29) is 6.61 Å². The smallest absolute Gasteiger partial charge is 0.122 e. The van der Waals surface area contributed by atoms with E-state index >= 15 is 0 Å². The van der Waals surface area contributed by atoms with Gasteiger partial charge in [-0.1, -0.05) is 30.2 Å². The van der Waals surface area contributed by atoms with E-state index in [9.17, 15) is 5.11 Å². The summed E-state index contributed by atoms with van der Waals surface area (Å²) in [7, 11) is 0. The van der Waals surface area contributed by atoms with Gasteiger partial charge in [-0.05, 0) is 38.3 Å². The number of aryl methyl sites for hydroxylation is 1. The fourth-order valence-electron chi connectivity index (χ4n) is 1.57. The first-order valence-corrected chi connectivity index (χ1v) is 5.81. The molecule has 0 radical (unpaired) electrons. The standard InChI is InChI=1S/C14H20O2/c1-12-8-9-14(16)13(11-12)7-5-3-2-4-6-10-15/h5,7-9,11,15-16H,2-4,6,10H2,1H3/b7-5+. The molecule has 0 unspecified atom stereocenters. The molecule has 0 bridgehead atoms. The van der Waals surface area contributed by atoms with E-state index in [1.54, 1.807) is 6.07 Å². The lowest BCUT2D eigenvalue weighted by atomic mass is 10.1. The van der Waals surface area contributed by atoms with Gasteiger partial charge in [-0.15, -0.1) is 0 Å². The van der Waals surface area contributed by atoms with Crippen molar-refractivity contribution in [1.29, 1.82) is 0 Å². The van der Waals surface area contributed by atoms with E-state index < -0.39 is 0 Å². The number of phenolic OH excluding ortho intramolecular Hbond substituents is 1. The Bertz CT molecular complexity index is 343. The van der Waals surface area contributed by atoms with Crippen LogP contribution >= 0.6 is 0 Å². The molecule has 1 rings (SSSR count). The molecule has 88 valence electrons. The highest BCUT2D eigenvalue weighted by Gasteiger charge is 1.96. The van der Waals surface area contributed by atoms with E-state index in [1.807, 2.05) is 25.1 Å². The zero-order valence-electron chi connectivity index (χ0n) is 9.82. The number of unbranched alkanes of at least 4 members (excludes halogenated alkanes) is 3. The summed E-state index contributed by atoms with van der Waals surface area (Å²) >= 11 is 0. The minimum atomic E-state index is 0.280. The van der Waals surface area contributed by atoms with E-state index in [0.717, 1.165) is 36.8 Å². The molecule has 1 aromatic carbocycles. The molecule has 0 atom stereocenters. The largest absolute Gasteiger partial charge is 0.507 e. The molecule has 0 amide bonds. The molecule has 2 nitrogen and oxygen atoms in total. The third-order valence-electron chi connectivity index (χ3n) is 2.51. The molecule has 0 heterocycles. The van der Waals surface area contributed by atoms with Crippen molar-refractivity contribution in [1.82, 2.24) is 0 Å². The first kappa shape index (κ1) is 12.8. The quantitative estimate of drug-likeness (QED) is 0.722. The van der Waals surface area contributed by atoms with Gasteiger partial charge in [0.15, 0.2) is 0 Å². The van der Waals surface area contributed by atoms with Crippen LogP contribution in [0.3, 0.4) is 0 Å². The van der Waals surface area contributed by atoms with Crippen LogP contribution in [0.25, 0.3) is 6.08 Å². The molecular formula is C14H20O2. The van der Waals surface area contributed by atoms with Gasteiger partial charge in [0, 0.05) is 12.2 Å².